The van der Waals surface area contributed by atoms with Crippen molar-refractivity contribution >= 4 is 50.3 Å². The number of carbonyl (C=O) groups is 1. The van der Waals surface area contributed by atoms with Gasteiger partial charge < -0.3 is 9.72 Å². The zero-order valence-corrected chi connectivity index (χ0v) is 15.6. The van der Waals surface area contributed by atoms with Gasteiger partial charge in [-0.2, -0.15) is 0 Å². The van der Waals surface area contributed by atoms with Crippen molar-refractivity contribution in [3.8, 4) is 11.4 Å². The van der Waals surface area contributed by atoms with Crippen molar-refractivity contribution in [3.63, 3.8) is 0 Å². The van der Waals surface area contributed by atoms with Crippen LogP contribution in [0.25, 0.3) is 44.1 Å². The van der Waals surface area contributed by atoms with Gasteiger partial charge in [-0.3, -0.25) is 0 Å². The molecular formula is C22H14ClN3O2. The lowest BCUT2D eigenvalue weighted by Crippen LogP contribution is -2.05. The Hall–Kier alpha value is -3.44. The Bertz CT molecular complexity index is 1390. The predicted octanol–water partition coefficient (Wildman–Crippen LogP) is 5.37. The summed E-state index contributed by atoms with van der Waals surface area (Å²) in [6, 6.07) is 19.1. The van der Waals surface area contributed by atoms with Gasteiger partial charge >= 0.3 is 5.97 Å². The highest BCUT2D eigenvalue weighted by Crippen LogP contribution is 2.33. The topological polar surface area (TPSA) is 67.9 Å². The molecule has 0 aliphatic rings. The van der Waals surface area contributed by atoms with E-state index in [-0.39, 0.29) is 5.69 Å². The molecule has 0 saturated heterocycles. The van der Waals surface area contributed by atoms with Crippen LogP contribution in [0.5, 0.6) is 0 Å². The van der Waals surface area contributed by atoms with E-state index in [0.29, 0.717) is 16.4 Å². The molecule has 0 radical (unpaired) electrons. The summed E-state index contributed by atoms with van der Waals surface area (Å²) in [6.45, 7) is 0. The summed E-state index contributed by atoms with van der Waals surface area (Å²) in [5.41, 5.74) is 4.11. The Labute approximate surface area is 164 Å². The Morgan fingerprint density at radius 2 is 1.86 bits per heavy atom. The number of aromatic amines is 1. The van der Waals surface area contributed by atoms with Crippen LogP contribution in [0, 0.1) is 0 Å². The van der Waals surface area contributed by atoms with Crippen molar-refractivity contribution in [2.45, 2.75) is 0 Å². The number of pyridine rings is 2. The first kappa shape index (κ1) is 16.7. The summed E-state index contributed by atoms with van der Waals surface area (Å²) >= 11 is 6.07. The van der Waals surface area contributed by atoms with E-state index in [9.17, 15) is 4.79 Å². The number of fused-ring (bicyclic) bond motifs is 4. The highest BCUT2D eigenvalue weighted by Gasteiger charge is 2.18. The molecule has 5 nitrogen and oxygen atoms in total. The Morgan fingerprint density at radius 1 is 1.00 bits per heavy atom. The second-order valence-electron chi connectivity index (χ2n) is 6.47. The fourth-order valence-electron chi connectivity index (χ4n) is 3.47. The minimum Gasteiger partial charge on any atom is -0.464 e. The minimum atomic E-state index is -0.485. The SMILES string of the molecule is COC(=O)c1cc2c([nH]c3ccccc32)c(-c2ccc3cc(Cl)ccc3n2)n1. The Morgan fingerprint density at radius 3 is 2.71 bits per heavy atom. The Balaban J connectivity index is 1.84. The van der Waals surface area contributed by atoms with E-state index in [1.54, 1.807) is 12.1 Å². The van der Waals surface area contributed by atoms with Crippen molar-refractivity contribution < 1.29 is 9.53 Å². The lowest BCUT2D eigenvalue weighted by molar-refractivity contribution is 0.0594. The van der Waals surface area contributed by atoms with Crippen LogP contribution in [0.15, 0.2) is 60.7 Å². The van der Waals surface area contributed by atoms with Gasteiger partial charge in [0, 0.05) is 26.7 Å². The van der Waals surface area contributed by atoms with Gasteiger partial charge in [-0.25, -0.2) is 14.8 Å². The summed E-state index contributed by atoms with van der Waals surface area (Å²) < 4.78 is 4.90. The van der Waals surface area contributed by atoms with Crippen LogP contribution in [0.1, 0.15) is 10.5 Å². The van der Waals surface area contributed by atoms with Crippen LogP contribution in [0.3, 0.4) is 0 Å². The third-order valence-corrected chi connectivity index (χ3v) is 5.02. The number of halogens is 1. The summed E-state index contributed by atoms with van der Waals surface area (Å²) in [5.74, 6) is -0.485. The van der Waals surface area contributed by atoms with E-state index >= 15 is 0 Å². The lowest BCUT2D eigenvalue weighted by atomic mass is 10.1. The minimum absolute atomic E-state index is 0.243. The quantitative estimate of drug-likeness (QED) is 0.413. The highest BCUT2D eigenvalue weighted by molar-refractivity contribution is 6.31. The molecular weight excluding hydrogens is 374 g/mol. The van der Waals surface area contributed by atoms with E-state index in [1.807, 2.05) is 48.5 Å². The van der Waals surface area contributed by atoms with Gasteiger partial charge in [-0.1, -0.05) is 35.9 Å². The molecule has 5 aromatic rings. The first-order valence-electron chi connectivity index (χ1n) is 8.70. The average Bonchev–Trinajstić information content (AvgIpc) is 3.10. The molecule has 0 aliphatic heterocycles. The standard InChI is InChI=1S/C22H14ClN3O2/c1-28-22(27)19-11-15-14-4-2-3-5-17(14)25-20(15)21(26-19)18-8-6-12-10-13(23)7-9-16(12)24-18/h2-11,25H,1H3. The van der Waals surface area contributed by atoms with Crippen LogP contribution in [-0.4, -0.2) is 28.0 Å². The normalized spacial score (nSPS) is 11.4. The molecule has 0 fully saturated rings. The van der Waals surface area contributed by atoms with Crippen molar-refractivity contribution in [1.82, 2.24) is 15.0 Å². The average molecular weight is 388 g/mol. The summed E-state index contributed by atoms with van der Waals surface area (Å²) in [5, 5.41) is 3.51. The lowest BCUT2D eigenvalue weighted by Gasteiger charge is -2.07. The molecule has 0 aliphatic carbocycles. The predicted molar refractivity (Wildman–Crippen MR) is 111 cm³/mol. The number of benzene rings is 2. The van der Waals surface area contributed by atoms with Crippen LogP contribution in [0.4, 0.5) is 0 Å². The van der Waals surface area contributed by atoms with Gasteiger partial charge in [0.2, 0.25) is 0 Å². The second kappa shape index (κ2) is 6.32. The number of aromatic nitrogens is 3. The summed E-state index contributed by atoms with van der Waals surface area (Å²) in [6.07, 6.45) is 0. The molecule has 0 bridgehead atoms. The largest absolute Gasteiger partial charge is 0.464 e. The number of para-hydroxylation sites is 1. The molecule has 1 N–H and O–H groups in total. The molecule has 136 valence electrons. The van der Waals surface area contributed by atoms with E-state index in [4.69, 9.17) is 21.3 Å². The zero-order chi connectivity index (χ0) is 19.3. The molecule has 0 unspecified atom stereocenters. The van der Waals surface area contributed by atoms with Crippen LogP contribution in [-0.2, 0) is 4.74 Å². The number of nitrogens with zero attached hydrogens (tertiary/aromatic N) is 2. The molecule has 5 rings (SSSR count). The monoisotopic (exact) mass is 387 g/mol. The van der Waals surface area contributed by atoms with Gasteiger partial charge in [-0.15, -0.1) is 0 Å². The number of carbonyl (C=O) groups excluding carboxylic acids is 1. The van der Waals surface area contributed by atoms with E-state index in [1.165, 1.54) is 7.11 Å². The molecule has 3 heterocycles. The number of H-pyrrole nitrogens is 1. The second-order valence-corrected chi connectivity index (χ2v) is 6.91. The smallest absolute Gasteiger partial charge is 0.356 e. The van der Waals surface area contributed by atoms with Crippen molar-refractivity contribution in [2.75, 3.05) is 7.11 Å². The molecule has 0 spiro atoms. The first-order chi connectivity index (χ1) is 13.6. The molecule has 3 aromatic heterocycles. The number of hydrogen-bond acceptors (Lipinski definition) is 4. The highest BCUT2D eigenvalue weighted by atomic mass is 35.5. The Kier molecular flexibility index (Phi) is 3.77. The zero-order valence-electron chi connectivity index (χ0n) is 14.9. The van der Waals surface area contributed by atoms with E-state index < -0.39 is 5.97 Å². The van der Waals surface area contributed by atoms with Gasteiger partial charge in [0.1, 0.15) is 11.4 Å². The molecule has 28 heavy (non-hydrogen) atoms. The maximum absolute atomic E-state index is 12.2. The maximum atomic E-state index is 12.2. The molecule has 0 atom stereocenters. The van der Waals surface area contributed by atoms with E-state index in [0.717, 1.165) is 32.7 Å². The van der Waals surface area contributed by atoms with Gasteiger partial charge in [0.25, 0.3) is 0 Å². The van der Waals surface area contributed by atoms with Gasteiger partial charge in [0.15, 0.2) is 0 Å². The van der Waals surface area contributed by atoms with Crippen molar-refractivity contribution in [2.24, 2.45) is 0 Å². The third kappa shape index (κ3) is 2.60. The van der Waals surface area contributed by atoms with Crippen molar-refractivity contribution in [3.05, 3.63) is 71.4 Å². The number of esters is 1. The van der Waals surface area contributed by atoms with E-state index in [2.05, 4.69) is 9.97 Å². The molecule has 0 amide bonds. The fraction of sp³-hybridized carbons (Fsp3) is 0.0455. The van der Waals surface area contributed by atoms with Crippen LogP contribution >= 0.6 is 11.6 Å². The number of nitrogens with one attached hydrogen (secondary N) is 1. The fourth-order valence-corrected chi connectivity index (χ4v) is 3.65. The third-order valence-electron chi connectivity index (χ3n) is 4.78. The maximum Gasteiger partial charge on any atom is 0.356 e. The molecule has 2 aromatic carbocycles. The number of hydrogen-bond donors (Lipinski definition) is 1. The molecule has 6 heteroatoms. The number of methoxy groups -OCH3 is 1. The van der Waals surface area contributed by atoms with Crippen molar-refractivity contribution in [1.29, 1.82) is 0 Å². The number of rotatable bonds is 2. The van der Waals surface area contributed by atoms with Gasteiger partial charge in [-0.05, 0) is 36.4 Å². The van der Waals surface area contributed by atoms with Crippen LogP contribution in [0.2, 0.25) is 5.02 Å². The number of ether oxygens (including phenoxy) is 1. The summed E-state index contributed by atoms with van der Waals surface area (Å²) in [7, 11) is 1.35. The van der Waals surface area contributed by atoms with Gasteiger partial charge in [0.05, 0.1) is 23.8 Å². The summed E-state index contributed by atoms with van der Waals surface area (Å²) in [4.78, 5) is 24.9. The van der Waals surface area contributed by atoms with Crippen LogP contribution < -0.4 is 0 Å². The molecule has 0 saturated carbocycles. The first-order valence-corrected chi connectivity index (χ1v) is 9.08.